The second kappa shape index (κ2) is 6.93. The van der Waals surface area contributed by atoms with E-state index in [1.807, 2.05) is 37.3 Å². The van der Waals surface area contributed by atoms with Crippen molar-refractivity contribution in [1.82, 2.24) is 5.43 Å². The molecule has 2 aromatic rings. The molecular weight excluding hydrogens is 332 g/mol. The number of hydrogen-bond acceptors (Lipinski definition) is 4. The van der Waals surface area contributed by atoms with Gasteiger partial charge in [0.2, 0.25) is 0 Å². The number of nitrogens with two attached hydrogens (primary N) is 1. The van der Waals surface area contributed by atoms with Crippen molar-refractivity contribution in [3.05, 3.63) is 57.6 Å². The van der Waals surface area contributed by atoms with Crippen molar-refractivity contribution in [1.29, 1.82) is 0 Å². The van der Waals surface area contributed by atoms with Crippen LogP contribution in [0.4, 0.5) is 0 Å². The van der Waals surface area contributed by atoms with E-state index in [-0.39, 0.29) is 6.04 Å². The molecule has 112 valence electrons. The zero-order valence-electron chi connectivity index (χ0n) is 12.3. The summed E-state index contributed by atoms with van der Waals surface area (Å²) in [5, 5.41) is 0. The van der Waals surface area contributed by atoms with E-state index in [0.717, 1.165) is 32.7 Å². The Labute approximate surface area is 133 Å². The molecule has 2 rings (SSSR count). The van der Waals surface area contributed by atoms with E-state index in [1.165, 1.54) is 0 Å². The number of rotatable bonds is 5. The first-order valence-electron chi connectivity index (χ1n) is 6.55. The van der Waals surface area contributed by atoms with Crippen molar-refractivity contribution in [3.63, 3.8) is 0 Å². The monoisotopic (exact) mass is 350 g/mol. The molecule has 0 aliphatic heterocycles. The fraction of sp³-hybridized carbons (Fsp3) is 0.250. The van der Waals surface area contributed by atoms with Crippen LogP contribution in [0.3, 0.4) is 0 Å². The lowest BCUT2D eigenvalue weighted by atomic mass is 9.96. The van der Waals surface area contributed by atoms with Crippen molar-refractivity contribution in [2.75, 3.05) is 14.2 Å². The van der Waals surface area contributed by atoms with Crippen LogP contribution in [0.2, 0.25) is 0 Å². The summed E-state index contributed by atoms with van der Waals surface area (Å²) in [5.41, 5.74) is 5.92. The Hall–Kier alpha value is -1.56. The molecular formula is C16H19BrN2O2. The van der Waals surface area contributed by atoms with Crippen LogP contribution in [-0.4, -0.2) is 14.2 Å². The van der Waals surface area contributed by atoms with Gasteiger partial charge < -0.3 is 9.47 Å². The van der Waals surface area contributed by atoms with Gasteiger partial charge in [0.15, 0.2) is 0 Å². The van der Waals surface area contributed by atoms with Gasteiger partial charge in [-0.05, 0) is 30.7 Å². The molecule has 0 bridgehead atoms. The Balaban J connectivity index is 2.63. The van der Waals surface area contributed by atoms with Gasteiger partial charge >= 0.3 is 0 Å². The molecule has 0 amide bonds. The van der Waals surface area contributed by atoms with E-state index in [1.54, 1.807) is 14.2 Å². The lowest BCUT2D eigenvalue weighted by Crippen LogP contribution is -2.30. The highest BCUT2D eigenvalue weighted by Crippen LogP contribution is 2.39. The lowest BCUT2D eigenvalue weighted by Gasteiger charge is -2.23. The maximum atomic E-state index is 5.82. The average molecular weight is 351 g/mol. The summed E-state index contributed by atoms with van der Waals surface area (Å²) >= 11 is 3.58. The molecule has 1 unspecified atom stereocenters. The third-order valence-electron chi connectivity index (χ3n) is 3.38. The van der Waals surface area contributed by atoms with Crippen molar-refractivity contribution in [2.24, 2.45) is 5.84 Å². The standard InChI is InChI=1S/C16H19BrN2O2/c1-10-7-8-12(17)11(9-10)16(19-18)15-13(20-2)5-4-6-14(15)21-3/h4-9,16,19H,18H2,1-3H3. The quantitative estimate of drug-likeness (QED) is 0.641. The Morgan fingerprint density at radius 1 is 1.10 bits per heavy atom. The summed E-state index contributed by atoms with van der Waals surface area (Å²) in [6.45, 7) is 2.04. The van der Waals surface area contributed by atoms with Gasteiger partial charge in [0.1, 0.15) is 11.5 Å². The predicted octanol–water partition coefficient (Wildman–Crippen LogP) is 3.33. The topological polar surface area (TPSA) is 56.5 Å². The van der Waals surface area contributed by atoms with Crippen LogP contribution >= 0.6 is 15.9 Å². The molecule has 0 radical (unpaired) electrons. The van der Waals surface area contributed by atoms with Gasteiger partial charge in [0.05, 0.1) is 25.8 Å². The summed E-state index contributed by atoms with van der Waals surface area (Å²) in [5.74, 6) is 7.28. The van der Waals surface area contributed by atoms with Crippen molar-refractivity contribution >= 4 is 15.9 Å². The number of aryl methyl sites for hydroxylation is 1. The largest absolute Gasteiger partial charge is 0.496 e. The summed E-state index contributed by atoms with van der Waals surface area (Å²) in [7, 11) is 3.27. The molecule has 5 heteroatoms. The Bertz CT molecular complexity index is 609. The second-order valence-corrected chi connectivity index (χ2v) is 5.56. The minimum atomic E-state index is -0.245. The van der Waals surface area contributed by atoms with E-state index in [4.69, 9.17) is 15.3 Å². The summed E-state index contributed by atoms with van der Waals surface area (Å²) in [6.07, 6.45) is 0. The molecule has 21 heavy (non-hydrogen) atoms. The van der Waals surface area contributed by atoms with Crippen LogP contribution in [0.15, 0.2) is 40.9 Å². The van der Waals surface area contributed by atoms with Gasteiger partial charge in [-0.1, -0.05) is 39.7 Å². The van der Waals surface area contributed by atoms with Crippen LogP contribution in [0.1, 0.15) is 22.7 Å². The Kier molecular flexibility index (Phi) is 5.22. The Morgan fingerprint density at radius 2 is 1.71 bits per heavy atom. The molecule has 0 spiro atoms. The number of halogens is 1. The maximum absolute atomic E-state index is 5.82. The van der Waals surface area contributed by atoms with Crippen LogP contribution in [0, 0.1) is 6.92 Å². The van der Waals surface area contributed by atoms with E-state index in [0.29, 0.717) is 0 Å². The number of hydrogen-bond donors (Lipinski definition) is 2. The minimum absolute atomic E-state index is 0.245. The molecule has 0 aliphatic carbocycles. The number of ether oxygens (including phenoxy) is 2. The molecule has 0 aromatic heterocycles. The molecule has 0 aliphatic rings. The third kappa shape index (κ3) is 3.20. The number of nitrogens with one attached hydrogen (secondary N) is 1. The molecule has 0 heterocycles. The normalized spacial score (nSPS) is 12.0. The van der Waals surface area contributed by atoms with Crippen molar-refractivity contribution in [2.45, 2.75) is 13.0 Å². The molecule has 0 saturated carbocycles. The van der Waals surface area contributed by atoms with Gasteiger partial charge in [-0.25, -0.2) is 5.43 Å². The molecule has 4 nitrogen and oxygen atoms in total. The molecule has 1 atom stereocenters. The zero-order valence-corrected chi connectivity index (χ0v) is 13.9. The smallest absolute Gasteiger partial charge is 0.127 e. The highest BCUT2D eigenvalue weighted by molar-refractivity contribution is 9.10. The van der Waals surface area contributed by atoms with E-state index in [9.17, 15) is 0 Å². The average Bonchev–Trinajstić information content (AvgIpc) is 2.51. The highest BCUT2D eigenvalue weighted by Gasteiger charge is 2.23. The van der Waals surface area contributed by atoms with E-state index < -0.39 is 0 Å². The first-order chi connectivity index (χ1) is 10.1. The second-order valence-electron chi connectivity index (χ2n) is 4.70. The maximum Gasteiger partial charge on any atom is 0.127 e. The highest BCUT2D eigenvalue weighted by atomic mass is 79.9. The van der Waals surface area contributed by atoms with Gasteiger partial charge in [-0.2, -0.15) is 0 Å². The fourth-order valence-corrected chi connectivity index (χ4v) is 2.85. The van der Waals surface area contributed by atoms with E-state index in [2.05, 4.69) is 27.4 Å². The zero-order chi connectivity index (χ0) is 15.4. The van der Waals surface area contributed by atoms with Crippen LogP contribution in [-0.2, 0) is 0 Å². The van der Waals surface area contributed by atoms with Crippen LogP contribution < -0.4 is 20.7 Å². The first-order valence-corrected chi connectivity index (χ1v) is 7.34. The van der Waals surface area contributed by atoms with Crippen LogP contribution in [0.25, 0.3) is 0 Å². The Morgan fingerprint density at radius 3 is 2.24 bits per heavy atom. The molecule has 2 aromatic carbocycles. The SMILES string of the molecule is COc1cccc(OC)c1C(NN)c1cc(C)ccc1Br. The summed E-state index contributed by atoms with van der Waals surface area (Å²) < 4.78 is 11.9. The van der Waals surface area contributed by atoms with Crippen molar-refractivity contribution < 1.29 is 9.47 Å². The lowest BCUT2D eigenvalue weighted by molar-refractivity contribution is 0.377. The minimum Gasteiger partial charge on any atom is -0.496 e. The predicted molar refractivity (Wildman–Crippen MR) is 87.6 cm³/mol. The van der Waals surface area contributed by atoms with Crippen LogP contribution in [0.5, 0.6) is 11.5 Å². The molecule has 3 N–H and O–H groups in total. The van der Waals surface area contributed by atoms with Gasteiger partial charge in [0, 0.05) is 4.47 Å². The first kappa shape index (κ1) is 15.8. The number of benzene rings is 2. The third-order valence-corrected chi connectivity index (χ3v) is 4.11. The van der Waals surface area contributed by atoms with Gasteiger partial charge in [-0.15, -0.1) is 0 Å². The summed E-state index contributed by atoms with van der Waals surface area (Å²) in [4.78, 5) is 0. The number of hydrazine groups is 1. The van der Waals surface area contributed by atoms with E-state index >= 15 is 0 Å². The summed E-state index contributed by atoms with van der Waals surface area (Å²) in [6, 6.07) is 11.6. The van der Waals surface area contributed by atoms with Crippen molar-refractivity contribution in [3.8, 4) is 11.5 Å². The number of methoxy groups -OCH3 is 2. The van der Waals surface area contributed by atoms with Gasteiger partial charge in [-0.3, -0.25) is 5.84 Å². The van der Waals surface area contributed by atoms with Gasteiger partial charge in [0.25, 0.3) is 0 Å². The fourth-order valence-electron chi connectivity index (χ4n) is 2.38. The molecule has 0 saturated heterocycles. The molecule has 0 fully saturated rings.